The fraction of sp³-hybridized carbons (Fsp3) is 0.977. The first kappa shape index (κ1) is 48.0. The van der Waals surface area contributed by atoms with Crippen LogP contribution in [-0.2, 0) is 14.0 Å². The van der Waals surface area contributed by atoms with Gasteiger partial charge in [-0.05, 0) is 36.7 Å². The molecule has 0 aromatic carbocycles. The van der Waals surface area contributed by atoms with Crippen LogP contribution in [0.4, 0.5) is 0 Å². The average molecular weight is 713 g/mol. The first-order valence-corrected chi connectivity index (χ1v) is 25.6. The van der Waals surface area contributed by atoms with E-state index in [1.165, 1.54) is 173 Å². The number of thioether (sulfide) groups is 1. The summed E-state index contributed by atoms with van der Waals surface area (Å²) in [5.74, 6) is 1.99. The van der Waals surface area contributed by atoms with Crippen LogP contribution >= 0.6 is 11.8 Å². The van der Waals surface area contributed by atoms with Crippen molar-refractivity contribution in [1.82, 2.24) is 0 Å². The second-order valence-corrected chi connectivity index (χ2v) is 22.5. The van der Waals surface area contributed by atoms with Crippen molar-refractivity contribution >= 4 is 26.0 Å². The van der Waals surface area contributed by atoms with Crippen LogP contribution in [0, 0.1) is 0 Å². The molecule has 0 aromatic heterocycles. The molecule has 0 heterocycles. The Morgan fingerprint density at radius 1 is 0.542 bits per heavy atom. The van der Waals surface area contributed by atoms with Crippen molar-refractivity contribution in [2.45, 2.75) is 251 Å². The van der Waals surface area contributed by atoms with E-state index in [1.54, 1.807) is 0 Å². The van der Waals surface area contributed by atoms with Gasteiger partial charge in [0, 0.05) is 12.2 Å². The molecule has 0 aliphatic rings. The fourth-order valence-corrected chi connectivity index (χ4v) is 8.17. The van der Waals surface area contributed by atoms with Crippen LogP contribution in [0.15, 0.2) is 0 Å². The lowest BCUT2D eigenvalue weighted by molar-refractivity contribution is -0.149. The maximum atomic E-state index is 12.8. The summed E-state index contributed by atoms with van der Waals surface area (Å²) in [5, 5.41) is 0.164. The van der Waals surface area contributed by atoms with Crippen molar-refractivity contribution in [3.63, 3.8) is 0 Å². The molecule has 1 atom stereocenters. The van der Waals surface area contributed by atoms with Crippen LogP contribution in [0.5, 0.6) is 0 Å². The van der Waals surface area contributed by atoms with Gasteiger partial charge in [-0.25, -0.2) is 0 Å². The van der Waals surface area contributed by atoms with Crippen LogP contribution in [-0.4, -0.2) is 38.5 Å². The van der Waals surface area contributed by atoms with Crippen molar-refractivity contribution in [3.05, 3.63) is 0 Å². The van der Waals surface area contributed by atoms with E-state index in [9.17, 15) is 4.79 Å². The van der Waals surface area contributed by atoms with E-state index in [2.05, 4.69) is 47.7 Å². The van der Waals surface area contributed by atoms with Gasteiger partial charge in [-0.15, -0.1) is 0 Å². The van der Waals surface area contributed by atoms with Gasteiger partial charge in [0.25, 0.3) is 0 Å². The molecule has 288 valence electrons. The summed E-state index contributed by atoms with van der Waals surface area (Å²) in [5.41, 5.74) is 0. The molecule has 0 aliphatic carbocycles. The highest BCUT2D eigenvalue weighted by Crippen LogP contribution is 2.36. The standard InChI is InChI=1S/C43H88O3SSi/c1-8-10-12-14-16-18-20-22-23-24-26-28-30-32-34-36-38-47-40-41(39-45-48(6,7)43(3,4)5)46-42(44)37-35-33-31-29-27-25-21-19-17-15-13-11-9-2/h41H,8-40H2,1-7H3. The van der Waals surface area contributed by atoms with E-state index in [1.807, 2.05) is 11.8 Å². The molecule has 0 amide bonds. The van der Waals surface area contributed by atoms with Crippen LogP contribution in [0.2, 0.25) is 18.1 Å². The average Bonchev–Trinajstić information content (AvgIpc) is 3.04. The first-order chi connectivity index (χ1) is 23.1. The van der Waals surface area contributed by atoms with Gasteiger partial charge in [0.1, 0.15) is 6.10 Å². The zero-order valence-electron chi connectivity index (χ0n) is 34.0. The molecule has 0 saturated heterocycles. The van der Waals surface area contributed by atoms with Crippen LogP contribution < -0.4 is 0 Å². The minimum atomic E-state index is -1.87. The molecule has 0 aromatic rings. The lowest BCUT2D eigenvalue weighted by Crippen LogP contribution is -2.43. The monoisotopic (exact) mass is 713 g/mol. The van der Waals surface area contributed by atoms with E-state index >= 15 is 0 Å². The molecule has 5 heteroatoms. The molecule has 0 aliphatic heterocycles. The molecule has 0 fully saturated rings. The van der Waals surface area contributed by atoms with Crippen molar-refractivity contribution in [3.8, 4) is 0 Å². The third kappa shape index (κ3) is 31.9. The molecule has 0 bridgehead atoms. The largest absolute Gasteiger partial charge is 0.459 e. The Labute approximate surface area is 308 Å². The number of hydrogen-bond acceptors (Lipinski definition) is 4. The summed E-state index contributed by atoms with van der Waals surface area (Å²) in [6, 6.07) is 0. The predicted molar refractivity (Wildman–Crippen MR) is 220 cm³/mol. The number of hydrogen-bond donors (Lipinski definition) is 0. The number of unbranched alkanes of at least 4 members (excludes halogenated alkanes) is 27. The lowest BCUT2D eigenvalue weighted by atomic mass is 10.0. The minimum absolute atomic E-state index is 0.0232. The molecular formula is C43H88O3SSi. The van der Waals surface area contributed by atoms with Gasteiger partial charge in [-0.2, -0.15) is 11.8 Å². The summed E-state index contributed by atoms with van der Waals surface area (Å²) < 4.78 is 12.6. The molecule has 0 spiro atoms. The smallest absolute Gasteiger partial charge is 0.306 e. The molecule has 0 radical (unpaired) electrons. The summed E-state index contributed by atoms with van der Waals surface area (Å²) in [7, 11) is -1.87. The first-order valence-electron chi connectivity index (χ1n) is 21.5. The van der Waals surface area contributed by atoms with Crippen molar-refractivity contribution < 1.29 is 14.0 Å². The van der Waals surface area contributed by atoms with Crippen LogP contribution in [0.3, 0.4) is 0 Å². The van der Waals surface area contributed by atoms with Crippen LogP contribution in [0.1, 0.15) is 227 Å². The minimum Gasteiger partial charge on any atom is -0.459 e. The Balaban J connectivity index is 4.03. The van der Waals surface area contributed by atoms with Crippen molar-refractivity contribution in [2.75, 3.05) is 18.1 Å². The SMILES string of the molecule is CCCCCCCCCCCCCCCCCCSCC(CO[Si](C)(C)C(C)(C)C)OC(=O)CCCCCCCCCCCCCCC. The molecule has 0 N–H and O–H groups in total. The molecule has 0 rings (SSSR count). The second-order valence-electron chi connectivity index (χ2n) is 16.6. The van der Waals surface area contributed by atoms with E-state index in [0.717, 1.165) is 24.3 Å². The van der Waals surface area contributed by atoms with Gasteiger partial charge in [0.05, 0.1) is 6.61 Å². The van der Waals surface area contributed by atoms with Gasteiger partial charge < -0.3 is 9.16 Å². The Morgan fingerprint density at radius 2 is 0.875 bits per heavy atom. The zero-order chi connectivity index (χ0) is 35.6. The zero-order valence-corrected chi connectivity index (χ0v) is 35.9. The number of ether oxygens (including phenoxy) is 1. The Hall–Kier alpha value is -0.00312. The Kier molecular flexibility index (Phi) is 34.1. The summed E-state index contributed by atoms with van der Waals surface area (Å²) in [4.78, 5) is 12.8. The number of carbonyl (C=O) groups is 1. The van der Waals surface area contributed by atoms with Gasteiger partial charge in [-0.3, -0.25) is 4.79 Å². The second kappa shape index (κ2) is 34.1. The van der Waals surface area contributed by atoms with Crippen LogP contribution in [0.25, 0.3) is 0 Å². The number of esters is 1. The summed E-state index contributed by atoms with van der Waals surface area (Å²) >= 11 is 1.95. The normalized spacial score (nSPS) is 12.9. The third-order valence-electron chi connectivity index (χ3n) is 10.7. The summed E-state index contributed by atoms with van der Waals surface area (Å²) in [6.45, 7) is 16.6. The number of carbonyl (C=O) groups excluding carboxylic acids is 1. The Bertz CT molecular complexity index is 677. The topological polar surface area (TPSA) is 35.5 Å². The van der Waals surface area contributed by atoms with Gasteiger partial charge in [0.15, 0.2) is 8.32 Å². The van der Waals surface area contributed by atoms with E-state index < -0.39 is 8.32 Å². The maximum Gasteiger partial charge on any atom is 0.306 e. The molecule has 0 saturated carbocycles. The maximum absolute atomic E-state index is 12.8. The summed E-state index contributed by atoms with van der Waals surface area (Å²) in [6.07, 6.45) is 40.1. The molecule has 1 unspecified atom stereocenters. The van der Waals surface area contributed by atoms with Crippen molar-refractivity contribution in [1.29, 1.82) is 0 Å². The molecule has 3 nitrogen and oxygen atoms in total. The highest BCUT2D eigenvalue weighted by Gasteiger charge is 2.37. The van der Waals surface area contributed by atoms with Crippen molar-refractivity contribution in [2.24, 2.45) is 0 Å². The quantitative estimate of drug-likeness (QED) is 0.0365. The van der Waals surface area contributed by atoms with E-state index in [-0.39, 0.29) is 17.1 Å². The number of rotatable bonds is 37. The Morgan fingerprint density at radius 3 is 1.23 bits per heavy atom. The fourth-order valence-electron chi connectivity index (χ4n) is 6.13. The highest BCUT2D eigenvalue weighted by atomic mass is 32.2. The lowest BCUT2D eigenvalue weighted by Gasteiger charge is -2.37. The van der Waals surface area contributed by atoms with Gasteiger partial charge in [0.2, 0.25) is 0 Å². The predicted octanol–water partition coefficient (Wildman–Crippen LogP) is 15.4. The third-order valence-corrected chi connectivity index (χ3v) is 16.4. The molecular weight excluding hydrogens is 625 g/mol. The van der Waals surface area contributed by atoms with Gasteiger partial charge in [-0.1, -0.05) is 208 Å². The van der Waals surface area contributed by atoms with E-state index in [0.29, 0.717) is 13.0 Å². The van der Waals surface area contributed by atoms with E-state index in [4.69, 9.17) is 9.16 Å². The molecule has 48 heavy (non-hydrogen) atoms. The van der Waals surface area contributed by atoms with Gasteiger partial charge >= 0.3 is 5.97 Å². The highest BCUT2D eigenvalue weighted by molar-refractivity contribution is 7.99.